The number of H-pyrrole nitrogens is 1. The first kappa shape index (κ1) is 20.1. The van der Waals surface area contributed by atoms with E-state index in [1.165, 1.54) is 17.2 Å². The number of rotatable bonds is 3. The summed E-state index contributed by atoms with van der Waals surface area (Å²) in [6, 6.07) is 15.2. The van der Waals surface area contributed by atoms with E-state index in [2.05, 4.69) is 50.9 Å². The number of nitrogens with two attached hydrogens (primary N) is 1. The van der Waals surface area contributed by atoms with E-state index in [0.29, 0.717) is 28.0 Å². The highest BCUT2D eigenvalue weighted by atomic mass is 19.1. The van der Waals surface area contributed by atoms with Gasteiger partial charge in [-0.25, -0.2) is 14.4 Å². The molecule has 0 unspecified atom stereocenters. The molecule has 33 heavy (non-hydrogen) atoms. The predicted molar refractivity (Wildman–Crippen MR) is 127 cm³/mol. The number of benzene rings is 2. The van der Waals surface area contributed by atoms with Crippen molar-refractivity contribution in [3.05, 3.63) is 89.5 Å². The van der Waals surface area contributed by atoms with E-state index in [-0.39, 0.29) is 17.3 Å². The van der Waals surface area contributed by atoms with Crippen molar-refractivity contribution in [3.8, 4) is 0 Å². The van der Waals surface area contributed by atoms with Gasteiger partial charge in [-0.2, -0.15) is 5.10 Å². The van der Waals surface area contributed by atoms with Crippen molar-refractivity contribution in [3.63, 3.8) is 0 Å². The molecule has 4 aromatic rings. The molecule has 6 rings (SSSR count). The molecule has 2 aromatic heterocycles. The Bertz CT molecular complexity index is 1370. The third-order valence-corrected chi connectivity index (χ3v) is 7.42. The van der Waals surface area contributed by atoms with Crippen LogP contribution in [0.2, 0.25) is 0 Å². The maximum atomic E-state index is 14.2. The first-order chi connectivity index (χ1) is 16.1. The fourth-order valence-electron chi connectivity index (χ4n) is 5.48. The number of nitrogens with zero attached hydrogens (tertiary/aromatic N) is 4. The Morgan fingerprint density at radius 1 is 1.12 bits per heavy atom. The van der Waals surface area contributed by atoms with Crippen LogP contribution in [0.4, 0.5) is 10.2 Å². The van der Waals surface area contributed by atoms with Gasteiger partial charge in [0.2, 0.25) is 0 Å². The van der Waals surface area contributed by atoms with Gasteiger partial charge >= 0.3 is 0 Å². The summed E-state index contributed by atoms with van der Waals surface area (Å²) in [7, 11) is 0. The summed E-state index contributed by atoms with van der Waals surface area (Å²) in [6.45, 7) is 5.80. The van der Waals surface area contributed by atoms with Crippen LogP contribution in [0.15, 0.2) is 61.3 Å². The summed E-state index contributed by atoms with van der Waals surface area (Å²) < 4.78 is 14.2. The van der Waals surface area contributed by atoms with Gasteiger partial charge in [0.05, 0.1) is 6.20 Å². The van der Waals surface area contributed by atoms with Crippen LogP contribution in [0.3, 0.4) is 0 Å². The zero-order valence-corrected chi connectivity index (χ0v) is 18.3. The van der Waals surface area contributed by atoms with Crippen molar-refractivity contribution in [2.45, 2.75) is 25.3 Å². The van der Waals surface area contributed by atoms with Gasteiger partial charge in [-0.15, -0.1) is 0 Å². The lowest BCUT2D eigenvalue weighted by Crippen LogP contribution is -2.44. The van der Waals surface area contributed by atoms with Crippen molar-refractivity contribution in [2.75, 3.05) is 18.0 Å². The number of anilines is 1. The second-order valence-electron chi connectivity index (χ2n) is 9.16. The molecule has 3 N–H and O–H groups in total. The quantitative estimate of drug-likeness (QED) is 0.493. The number of piperidine rings is 1. The van der Waals surface area contributed by atoms with E-state index in [4.69, 9.17) is 10.7 Å². The van der Waals surface area contributed by atoms with Crippen molar-refractivity contribution in [1.82, 2.24) is 20.2 Å². The minimum Gasteiger partial charge on any atom is -0.355 e. The largest absolute Gasteiger partial charge is 0.355 e. The van der Waals surface area contributed by atoms with Gasteiger partial charge in [-0.1, -0.05) is 49.0 Å². The standard InChI is InChI=1S/C26H25FN6/c1-16(18-7-4-5-9-20(18)27)22-23-25(32-31-22)30-21(15-29-23)33-12-10-26(11-13-33)14-17-6-2-3-8-19(17)24(26)28/h2-9,15,24H,1,10-14,28H2,(H,30,31,32)/t24-/m1/s1. The zero-order valence-electron chi connectivity index (χ0n) is 18.3. The van der Waals surface area contributed by atoms with Crippen LogP contribution in [-0.4, -0.2) is 33.3 Å². The molecule has 1 fully saturated rings. The molecule has 0 saturated carbocycles. The lowest BCUT2D eigenvalue weighted by Gasteiger charge is -2.42. The Kier molecular flexibility index (Phi) is 4.55. The molecule has 166 valence electrons. The Labute approximate surface area is 191 Å². The molecule has 1 aliphatic heterocycles. The number of aromatic nitrogens is 4. The molecule has 2 aromatic carbocycles. The average molecular weight is 441 g/mol. The number of hydrogen-bond donors (Lipinski definition) is 2. The maximum absolute atomic E-state index is 14.2. The van der Waals surface area contributed by atoms with Gasteiger partial charge < -0.3 is 10.6 Å². The molecule has 1 saturated heterocycles. The maximum Gasteiger partial charge on any atom is 0.177 e. The van der Waals surface area contributed by atoms with Gasteiger partial charge in [-0.3, -0.25) is 5.10 Å². The molecule has 1 atom stereocenters. The van der Waals surface area contributed by atoms with Crippen LogP contribution >= 0.6 is 0 Å². The zero-order chi connectivity index (χ0) is 22.6. The number of fused-ring (bicyclic) bond motifs is 2. The summed E-state index contributed by atoms with van der Waals surface area (Å²) >= 11 is 0. The lowest BCUT2D eigenvalue weighted by molar-refractivity contribution is 0.187. The van der Waals surface area contributed by atoms with E-state index in [9.17, 15) is 4.39 Å². The number of hydrogen-bond acceptors (Lipinski definition) is 5. The molecule has 0 radical (unpaired) electrons. The molecule has 7 heteroatoms. The van der Waals surface area contributed by atoms with Gasteiger partial charge in [0.15, 0.2) is 5.65 Å². The average Bonchev–Trinajstić information content (AvgIpc) is 3.38. The molecule has 3 heterocycles. The van der Waals surface area contributed by atoms with Crippen LogP contribution in [-0.2, 0) is 6.42 Å². The van der Waals surface area contributed by atoms with Crippen molar-refractivity contribution in [2.24, 2.45) is 11.1 Å². The van der Waals surface area contributed by atoms with Crippen LogP contribution in [0.25, 0.3) is 16.7 Å². The Morgan fingerprint density at radius 3 is 2.67 bits per heavy atom. The Morgan fingerprint density at radius 2 is 1.88 bits per heavy atom. The van der Waals surface area contributed by atoms with Gasteiger partial charge in [-0.05, 0) is 41.9 Å². The third kappa shape index (κ3) is 3.15. The van der Waals surface area contributed by atoms with Crippen LogP contribution in [0.1, 0.15) is 41.3 Å². The molecule has 1 spiro atoms. The summed E-state index contributed by atoms with van der Waals surface area (Å²) in [5.41, 5.74) is 12.1. The topological polar surface area (TPSA) is 83.7 Å². The number of halogens is 1. The Hall–Kier alpha value is -3.58. The predicted octanol–water partition coefficient (Wildman–Crippen LogP) is 4.40. The molecule has 1 aliphatic carbocycles. The summed E-state index contributed by atoms with van der Waals surface area (Å²) in [5, 5.41) is 7.29. The molecule has 0 bridgehead atoms. The highest BCUT2D eigenvalue weighted by Gasteiger charge is 2.45. The molecule has 6 nitrogen and oxygen atoms in total. The van der Waals surface area contributed by atoms with Crippen LogP contribution in [0.5, 0.6) is 0 Å². The third-order valence-electron chi connectivity index (χ3n) is 7.42. The van der Waals surface area contributed by atoms with E-state index >= 15 is 0 Å². The SMILES string of the molecule is C=C(c1ccccc1F)c1n[nH]c2nc(N3CCC4(CC3)Cc3ccccc3[C@H]4N)cnc12. The smallest absolute Gasteiger partial charge is 0.177 e. The molecule has 0 amide bonds. The highest BCUT2D eigenvalue weighted by Crippen LogP contribution is 2.50. The van der Waals surface area contributed by atoms with E-state index in [1.54, 1.807) is 24.4 Å². The monoisotopic (exact) mass is 440 g/mol. The normalized spacial score (nSPS) is 19.2. The number of nitrogens with one attached hydrogen (secondary N) is 1. The molecular formula is C26H25FN6. The van der Waals surface area contributed by atoms with Gasteiger partial charge in [0.25, 0.3) is 0 Å². The second-order valence-corrected chi connectivity index (χ2v) is 9.16. The van der Waals surface area contributed by atoms with Crippen molar-refractivity contribution in [1.29, 1.82) is 0 Å². The minimum absolute atomic E-state index is 0.0870. The van der Waals surface area contributed by atoms with Gasteiger partial charge in [0.1, 0.15) is 22.8 Å². The number of aromatic amines is 1. The molecular weight excluding hydrogens is 415 g/mol. The van der Waals surface area contributed by atoms with E-state index < -0.39 is 0 Å². The first-order valence-electron chi connectivity index (χ1n) is 11.3. The second kappa shape index (κ2) is 7.49. The first-order valence-corrected chi connectivity index (χ1v) is 11.3. The summed E-state index contributed by atoms with van der Waals surface area (Å²) in [4.78, 5) is 11.7. The van der Waals surface area contributed by atoms with Gasteiger partial charge in [0, 0.05) is 30.3 Å². The van der Waals surface area contributed by atoms with Crippen LogP contribution in [0, 0.1) is 11.2 Å². The lowest BCUT2D eigenvalue weighted by atomic mass is 9.73. The highest BCUT2D eigenvalue weighted by molar-refractivity contribution is 5.90. The van der Waals surface area contributed by atoms with Crippen LogP contribution < -0.4 is 10.6 Å². The van der Waals surface area contributed by atoms with Crippen molar-refractivity contribution < 1.29 is 4.39 Å². The van der Waals surface area contributed by atoms with Crippen molar-refractivity contribution >= 4 is 22.6 Å². The van der Waals surface area contributed by atoms with E-state index in [1.807, 2.05) is 0 Å². The summed E-state index contributed by atoms with van der Waals surface area (Å²) in [6.07, 6.45) is 4.85. The minimum atomic E-state index is -0.335. The molecule has 2 aliphatic rings. The Balaban J connectivity index is 1.22. The summed E-state index contributed by atoms with van der Waals surface area (Å²) in [5.74, 6) is 0.478. The fourth-order valence-corrected chi connectivity index (χ4v) is 5.48. The fraction of sp³-hybridized carbons (Fsp3) is 0.269. The van der Waals surface area contributed by atoms with E-state index in [0.717, 1.165) is 38.2 Å².